The Morgan fingerprint density at radius 3 is 2.19 bits per heavy atom. The van der Waals surface area contributed by atoms with Gasteiger partial charge in [0.25, 0.3) is 5.79 Å². The molecule has 1 fully saturated rings. The highest BCUT2D eigenvalue weighted by Crippen LogP contribution is 2.30. The summed E-state index contributed by atoms with van der Waals surface area (Å²) in [4.78, 5) is 23.4. The lowest BCUT2D eigenvalue weighted by Gasteiger charge is -2.29. The fourth-order valence-electron chi connectivity index (χ4n) is 1.75. The van der Waals surface area contributed by atoms with Crippen molar-refractivity contribution in [1.29, 1.82) is 0 Å². The number of esters is 2. The number of halogens is 3. The highest BCUT2D eigenvalue weighted by Gasteiger charge is 2.39. The van der Waals surface area contributed by atoms with Crippen LogP contribution in [0.3, 0.4) is 0 Å². The van der Waals surface area contributed by atoms with Gasteiger partial charge in [-0.05, 0) is 23.8 Å². The second-order valence-electron chi connectivity index (χ2n) is 4.86. The summed E-state index contributed by atoms with van der Waals surface area (Å²) in [7, 11) is 0. The Labute approximate surface area is 118 Å². The Bertz CT molecular complexity index is 607. The van der Waals surface area contributed by atoms with E-state index in [2.05, 4.69) is 0 Å². The van der Waals surface area contributed by atoms with Crippen LogP contribution < -0.4 is 0 Å². The molecule has 0 aromatic heterocycles. The number of hydrogen-bond donors (Lipinski definition) is 0. The highest BCUT2D eigenvalue weighted by atomic mass is 19.4. The SMILES string of the molecule is CC1(C)OC(=O)C(=Cc2cccc(C(F)(F)F)c2)C(=O)O1. The molecule has 21 heavy (non-hydrogen) atoms. The zero-order valence-corrected chi connectivity index (χ0v) is 11.2. The molecule has 0 saturated carbocycles. The first-order chi connectivity index (χ1) is 9.58. The Kier molecular flexibility index (Phi) is 3.52. The Morgan fingerprint density at radius 2 is 1.67 bits per heavy atom. The molecular formula is C14H11F3O4. The van der Waals surface area contributed by atoms with Crippen molar-refractivity contribution < 1.29 is 32.2 Å². The standard InChI is InChI=1S/C14H11F3O4/c1-13(2)20-11(18)10(12(19)21-13)7-8-4-3-5-9(6-8)14(15,16)17/h3-7H,1-2H3. The predicted octanol–water partition coefficient (Wildman–Crippen LogP) is 2.92. The Hall–Kier alpha value is -2.31. The molecular weight excluding hydrogens is 289 g/mol. The summed E-state index contributed by atoms with van der Waals surface area (Å²) in [5.41, 5.74) is -1.28. The number of benzene rings is 1. The van der Waals surface area contributed by atoms with Gasteiger partial charge >= 0.3 is 18.1 Å². The molecule has 0 N–H and O–H groups in total. The van der Waals surface area contributed by atoms with Crippen LogP contribution in [0.1, 0.15) is 25.0 Å². The van der Waals surface area contributed by atoms with Crippen LogP contribution in [0.25, 0.3) is 6.08 Å². The summed E-state index contributed by atoms with van der Waals surface area (Å²) in [6.45, 7) is 2.76. The van der Waals surface area contributed by atoms with Gasteiger partial charge in [-0.2, -0.15) is 13.2 Å². The van der Waals surface area contributed by atoms with Crippen molar-refractivity contribution in [3.63, 3.8) is 0 Å². The minimum atomic E-state index is -4.51. The molecule has 1 saturated heterocycles. The monoisotopic (exact) mass is 300 g/mol. The zero-order chi connectivity index (χ0) is 15.8. The third-order valence-electron chi connectivity index (χ3n) is 2.64. The maximum Gasteiger partial charge on any atom is 0.416 e. The van der Waals surface area contributed by atoms with Gasteiger partial charge < -0.3 is 9.47 Å². The molecule has 2 rings (SSSR count). The van der Waals surface area contributed by atoms with Gasteiger partial charge in [0.1, 0.15) is 5.57 Å². The fraction of sp³-hybridized carbons (Fsp3) is 0.286. The van der Waals surface area contributed by atoms with Crippen LogP contribution >= 0.6 is 0 Å². The molecule has 0 spiro atoms. The van der Waals surface area contributed by atoms with Crippen molar-refractivity contribution in [3.8, 4) is 0 Å². The number of rotatable bonds is 1. The smallest absolute Gasteiger partial charge is 0.416 e. The summed E-state index contributed by atoms with van der Waals surface area (Å²) in [5, 5.41) is 0. The summed E-state index contributed by atoms with van der Waals surface area (Å²) >= 11 is 0. The van der Waals surface area contributed by atoms with Gasteiger partial charge in [-0.3, -0.25) is 0 Å². The van der Waals surface area contributed by atoms with Crippen LogP contribution in [-0.4, -0.2) is 17.7 Å². The molecule has 1 aliphatic rings. The second-order valence-corrected chi connectivity index (χ2v) is 4.86. The van der Waals surface area contributed by atoms with Gasteiger partial charge in [0, 0.05) is 13.8 Å². The van der Waals surface area contributed by atoms with E-state index in [0.29, 0.717) is 0 Å². The van der Waals surface area contributed by atoms with E-state index in [1.165, 1.54) is 26.0 Å². The lowest BCUT2D eigenvalue weighted by atomic mass is 10.1. The van der Waals surface area contributed by atoms with E-state index in [0.717, 1.165) is 18.2 Å². The normalized spacial score (nSPS) is 18.0. The first-order valence-corrected chi connectivity index (χ1v) is 5.94. The molecule has 4 nitrogen and oxygen atoms in total. The molecule has 112 valence electrons. The molecule has 0 radical (unpaired) electrons. The molecule has 0 unspecified atom stereocenters. The summed E-state index contributed by atoms with van der Waals surface area (Å²) in [6.07, 6.45) is -3.50. The van der Waals surface area contributed by atoms with E-state index in [-0.39, 0.29) is 5.56 Å². The molecule has 7 heteroatoms. The second kappa shape index (κ2) is 4.91. The van der Waals surface area contributed by atoms with Crippen molar-refractivity contribution >= 4 is 18.0 Å². The zero-order valence-electron chi connectivity index (χ0n) is 11.2. The fourth-order valence-corrected chi connectivity index (χ4v) is 1.75. The average molecular weight is 300 g/mol. The van der Waals surface area contributed by atoms with Gasteiger partial charge in [0.2, 0.25) is 0 Å². The van der Waals surface area contributed by atoms with Crippen LogP contribution in [-0.2, 0) is 25.2 Å². The number of cyclic esters (lactones) is 2. The molecule has 1 aromatic rings. The van der Waals surface area contributed by atoms with Crippen molar-refractivity contribution in [2.75, 3.05) is 0 Å². The van der Waals surface area contributed by atoms with E-state index in [4.69, 9.17) is 9.47 Å². The minimum Gasteiger partial charge on any atom is -0.419 e. The first-order valence-electron chi connectivity index (χ1n) is 5.94. The third kappa shape index (κ3) is 3.42. The molecule has 1 heterocycles. The van der Waals surface area contributed by atoms with E-state index in [9.17, 15) is 22.8 Å². The lowest BCUT2D eigenvalue weighted by molar-refractivity contribution is -0.222. The van der Waals surface area contributed by atoms with E-state index >= 15 is 0 Å². The average Bonchev–Trinajstić information content (AvgIpc) is 2.32. The Morgan fingerprint density at radius 1 is 1.10 bits per heavy atom. The highest BCUT2D eigenvalue weighted by molar-refractivity contribution is 6.18. The van der Waals surface area contributed by atoms with E-state index in [1.807, 2.05) is 0 Å². The van der Waals surface area contributed by atoms with E-state index < -0.39 is 35.0 Å². The first kappa shape index (κ1) is 15.1. The van der Waals surface area contributed by atoms with E-state index in [1.54, 1.807) is 0 Å². The summed E-state index contributed by atoms with van der Waals surface area (Å²) in [5.74, 6) is -3.26. The van der Waals surface area contributed by atoms with Crippen LogP contribution in [0, 0.1) is 0 Å². The van der Waals surface area contributed by atoms with Crippen LogP contribution in [0.5, 0.6) is 0 Å². The van der Waals surface area contributed by atoms with Gasteiger partial charge in [-0.25, -0.2) is 9.59 Å². The topological polar surface area (TPSA) is 52.6 Å². The molecule has 0 atom stereocenters. The van der Waals surface area contributed by atoms with Gasteiger partial charge in [-0.1, -0.05) is 12.1 Å². The van der Waals surface area contributed by atoms with Gasteiger partial charge in [0.05, 0.1) is 5.56 Å². The van der Waals surface area contributed by atoms with Crippen LogP contribution in [0.2, 0.25) is 0 Å². The lowest BCUT2D eigenvalue weighted by Crippen LogP contribution is -2.41. The molecule has 0 amide bonds. The minimum absolute atomic E-state index is 0.0495. The van der Waals surface area contributed by atoms with Gasteiger partial charge in [-0.15, -0.1) is 0 Å². The maximum absolute atomic E-state index is 12.6. The van der Waals surface area contributed by atoms with Gasteiger partial charge in [0.15, 0.2) is 0 Å². The summed E-state index contributed by atoms with van der Waals surface area (Å²) < 4.78 is 47.5. The number of hydrogen-bond acceptors (Lipinski definition) is 4. The van der Waals surface area contributed by atoms with Crippen LogP contribution in [0.15, 0.2) is 29.8 Å². The van der Waals surface area contributed by atoms with Crippen molar-refractivity contribution in [1.82, 2.24) is 0 Å². The number of carbonyl (C=O) groups excluding carboxylic acids is 2. The molecule has 1 aromatic carbocycles. The quantitative estimate of drug-likeness (QED) is 0.454. The number of alkyl halides is 3. The number of ether oxygens (including phenoxy) is 2. The van der Waals surface area contributed by atoms with Crippen molar-refractivity contribution in [3.05, 3.63) is 41.0 Å². The maximum atomic E-state index is 12.6. The Balaban J connectivity index is 2.36. The molecule has 0 bridgehead atoms. The predicted molar refractivity (Wildman–Crippen MR) is 65.7 cm³/mol. The molecule has 0 aliphatic carbocycles. The number of carbonyl (C=O) groups is 2. The van der Waals surface area contributed by atoms with Crippen molar-refractivity contribution in [2.24, 2.45) is 0 Å². The largest absolute Gasteiger partial charge is 0.419 e. The van der Waals surface area contributed by atoms with Crippen molar-refractivity contribution in [2.45, 2.75) is 25.8 Å². The summed E-state index contributed by atoms with van der Waals surface area (Å²) in [6, 6.07) is 4.23. The molecule has 1 aliphatic heterocycles. The van der Waals surface area contributed by atoms with Crippen LogP contribution in [0.4, 0.5) is 13.2 Å². The third-order valence-corrected chi connectivity index (χ3v) is 2.64.